The largest absolute Gasteiger partial charge is 0.396 e. The fourth-order valence-corrected chi connectivity index (χ4v) is 3.31. The predicted molar refractivity (Wildman–Crippen MR) is 67.6 cm³/mol. The molecule has 4 nitrogen and oxygen atoms in total. The van der Waals surface area contributed by atoms with Crippen LogP contribution in [0.5, 0.6) is 0 Å². The minimum Gasteiger partial charge on any atom is -0.396 e. The number of hydrogen-bond donors (Lipinski definition) is 1. The van der Waals surface area contributed by atoms with Gasteiger partial charge in [0.25, 0.3) is 0 Å². The van der Waals surface area contributed by atoms with Gasteiger partial charge in [-0.1, -0.05) is 20.8 Å². The van der Waals surface area contributed by atoms with Crippen LogP contribution < -0.4 is 0 Å². The third-order valence-electron chi connectivity index (χ3n) is 4.32. The molecule has 2 amide bonds. The van der Waals surface area contributed by atoms with Gasteiger partial charge in [0.1, 0.15) is 0 Å². The number of fused-ring (bicyclic) bond motifs is 2. The molecule has 2 rings (SSSR count). The number of nitrogens with zero attached hydrogens (tertiary/aromatic N) is 1. The van der Waals surface area contributed by atoms with Crippen LogP contribution in [0.25, 0.3) is 0 Å². The second kappa shape index (κ2) is 4.65. The number of likely N-dealkylation sites (tertiary alicyclic amines) is 1. The summed E-state index contributed by atoms with van der Waals surface area (Å²) in [4.78, 5) is 26.2. The van der Waals surface area contributed by atoms with Crippen LogP contribution in [0.1, 0.15) is 46.5 Å². The van der Waals surface area contributed by atoms with Gasteiger partial charge in [-0.15, -0.1) is 0 Å². The molecule has 1 saturated heterocycles. The highest BCUT2D eigenvalue weighted by atomic mass is 16.3. The highest BCUT2D eigenvalue weighted by Crippen LogP contribution is 2.41. The van der Waals surface area contributed by atoms with Crippen LogP contribution in [0, 0.1) is 17.3 Å². The number of carbonyl (C=O) groups excluding carboxylic acids is 2. The van der Waals surface area contributed by atoms with Crippen LogP contribution in [-0.2, 0) is 9.59 Å². The maximum absolute atomic E-state index is 12.4. The molecule has 0 aromatic carbocycles. The van der Waals surface area contributed by atoms with Crippen molar-refractivity contribution in [3.8, 4) is 0 Å². The minimum absolute atomic E-state index is 0.00826. The van der Waals surface area contributed by atoms with Crippen LogP contribution in [-0.4, -0.2) is 34.5 Å². The lowest BCUT2D eigenvalue weighted by Gasteiger charge is -2.42. The van der Waals surface area contributed by atoms with Crippen molar-refractivity contribution in [2.75, 3.05) is 6.61 Å². The molecule has 102 valence electrons. The molecular formula is C14H23NO3. The molecule has 18 heavy (non-hydrogen) atoms. The van der Waals surface area contributed by atoms with Gasteiger partial charge in [0.2, 0.25) is 11.8 Å². The number of hydrogen-bond acceptors (Lipinski definition) is 3. The van der Waals surface area contributed by atoms with E-state index >= 15 is 0 Å². The molecule has 0 aromatic rings. The Bertz CT molecular complexity index is 337. The molecule has 2 aliphatic rings. The molecule has 2 bridgehead atoms. The summed E-state index contributed by atoms with van der Waals surface area (Å²) < 4.78 is 0. The zero-order valence-electron chi connectivity index (χ0n) is 11.5. The van der Waals surface area contributed by atoms with Crippen molar-refractivity contribution >= 4 is 11.8 Å². The summed E-state index contributed by atoms with van der Waals surface area (Å²) in [6.45, 7) is 6.06. The Hall–Kier alpha value is -0.900. The van der Waals surface area contributed by atoms with Crippen molar-refractivity contribution in [3.05, 3.63) is 0 Å². The standard InChI is InChI=1S/C14H23NO3/c1-14(2,3)11(6-7-16)15-12(17)9-4-5-10(8-9)13(15)18/h9-11,16H,4-8H2,1-3H3. The molecule has 1 heterocycles. The SMILES string of the molecule is CC(C)(C)C(CCO)N1C(=O)C2CCC(C2)C1=O. The number of imide groups is 1. The molecule has 0 radical (unpaired) electrons. The van der Waals surface area contributed by atoms with E-state index in [4.69, 9.17) is 0 Å². The smallest absolute Gasteiger partial charge is 0.232 e. The molecule has 0 spiro atoms. The molecule has 0 aromatic heterocycles. The van der Waals surface area contributed by atoms with Crippen LogP contribution in [0.2, 0.25) is 0 Å². The lowest BCUT2D eigenvalue weighted by molar-refractivity contribution is -0.159. The minimum atomic E-state index is -0.190. The molecule has 1 N–H and O–H groups in total. The van der Waals surface area contributed by atoms with Crippen LogP contribution in [0.15, 0.2) is 0 Å². The van der Waals surface area contributed by atoms with E-state index < -0.39 is 0 Å². The summed E-state index contributed by atoms with van der Waals surface area (Å²) in [7, 11) is 0. The fraction of sp³-hybridized carbons (Fsp3) is 0.857. The Kier molecular flexibility index (Phi) is 3.49. The van der Waals surface area contributed by atoms with Gasteiger partial charge in [-0.05, 0) is 31.1 Å². The molecule has 1 aliphatic carbocycles. The second-order valence-corrected chi connectivity index (χ2v) is 6.65. The summed E-state index contributed by atoms with van der Waals surface area (Å²) >= 11 is 0. The van der Waals surface area contributed by atoms with E-state index in [1.807, 2.05) is 20.8 Å². The molecule has 4 heteroatoms. The number of carbonyl (C=O) groups is 2. The van der Waals surface area contributed by atoms with Crippen molar-refractivity contribution in [1.82, 2.24) is 4.90 Å². The van der Waals surface area contributed by atoms with Crippen molar-refractivity contribution in [2.24, 2.45) is 17.3 Å². The molecule has 3 atom stereocenters. The highest BCUT2D eigenvalue weighted by molar-refractivity contribution is 6.01. The lowest BCUT2D eigenvalue weighted by Crippen LogP contribution is -2.56. The van der Waals surface area contributed by atoms with E-state index in [9.17, 15) is 14.7 Å². The van der Waals surface area contributed by atoms with E-state index in [-0.39, 0.29) is 41.7 Å². The molecule has 1 aliphatic heterocycles. The first-order chi connectivity index (χ1) is 8.36. The van der Waals surface area contributed by atoms with Gasteiger partial charge in [0, 0.05) is 24.5 Å². The average Bonchev–Trinajstić information content (AvgIpc) is 2.71. The van der Waals surface area contributed by atoms with Crippen molar-refractivity contribution in [2.45, 2.75) is 52.5 Å². The number of piperidine rings is 1. The fourth-order valence-electron chi connectivity index (χ4n) is 3.31. The molecule has 1 saturated carbocycles. The van der Waals surface area contributed by atoms with E-state index in [1.165, 1.54) is 4.90 Å². The number of rotatable bonds is 3. The lowest BCUT2D eigenvalue weighted by atomic mass is 9.81. The second-order valence-electron chi connectivity index (χ2n) is 6.65. The van der Waals surface area contributed by atoms with Crippen molar-refractivity contribution in [3.63, 3.8) is 0 Å². The zero-order chi connectivity index (χ0) is 13.5. The summed E-state index contributed by atoms with van der Waals surface area (Å²) in [6.07, 6.45) is 2.91. The quantitative estimate of drug-likeness (QED) is 0.777. The third kappa shape index (κ3) is 2.18. The first-order valence-electron chi connectivity index (χ1n) is 6.84. The Morgan fingerprint density at radius 3 is 2.11 bits per heavy atom. The predicted octanol–water partition coefficient (Wildman–Crippen LogP) is 1.57. The van der Waals surface area contributed by atoms with Crippen molar-refractivity contribution in [1.29, 1.82) is 0 Å². The van der Waals surface area contributed by atoms with Gasteiger partial charge in [-0.25, -0.2) is 0 Å². The van der Waals surface area contributed by atoms with Crippen molar-refractivity contribution < 1.29 is 14.7 Å². The maximum atomic E-state index is 12.4. The van der Waals surface area contributed by atoms with E-state index in [0.717, 1.165) is 19.3 Å². The average molecular weight is 253 g/mol. The number of amides is 2. The Morgan fingerprint density at radius 2 is 1.72 bits per heavy atom. The first kappa shape index (κ1) is 13.5. The molecule has 3 unspecified atom stereocenters. The third-order valence-corrected chi connectivity index (χ3v) is 4.32. The van der Waals surface area contributed by atoms with Gasteiger partial charge >= 0.3 is 0 Å². The van der Waals surface area contributed by atoms with Gasteiger partial charge in [-0.2, -0.15) is 0 Å². The number of aliphatic hydroxyl groups is 1. The normalized spacial score (nSPS) is 29.9. The van der Waals surface area contributed by atoms with E-state index in [0.29, 0.717) is 6.42 Å². The van der Waals surface area contributed by atoms with Gasteiger partial charge in [-0.3, -0.25) is 14.5 Å². The topological polar surface area (TPSA) is 57.6 Å². The number of aliphatic hydroxyl groups excluding tert-OH is 1. The Balaban J connectivity index is 2.28. The first-order valence-corrected chi connectivity index (χ1v) is 6.84. The molecule has 2 fully saturated rings. The van der Waals surface area contributed by atoms with Gasteiger partial charge in [0.05, 0.1) is 0 Å². The summed E-state index contributed by atoms with van der Waals surface area (Å²) in [5, 5.41) is 9.20. The Morgan fingerprint density at radius 1 is 1.22 bits per heavy atom. The highest BCUT2D eigenvalue weighted by Gasteiger charge is 2.49. The zero-order valence-corrected chi connectivity index (χ0v) is 11.5. The van der Waals surface area contributed by atoms with E-state index in [2.05, 4.69) is 0 Å². The van der Waals surface area contributed by atoms with Crippen LogP contribution in [0.3, 0.4) is 0 Å². The summed E-state index contributed by atoms with van der Waals surface area (Å²) in [5.74, 6) is 0.0525. The monoisotopic (exact) mass is 253 g/mol. The van der Waals surface area contributed by atoms with Gasteiger partial charge in [0.15, 0.2) is 0 Å². The van der Waals surface area contributed by atoms with E-state index in [1.54, 1.807) is 0 Å². The maximum Gasteiger partial charge on any atom is 0.232 e. The summed E-state index contributed by atoms with van der Waals surface area (Å²) in [5.41, 5.74) is -0.190. The summed E-state index contributed by atoms with van der Waals surface area (Å²) in [6, 6.07) is -0.189. The van der Waals surface area contributed by atoms with Crippen LogP contribution in [0.4, 0.5) is 0 Å². The van der Waals surface area contributed by atoms with Gasteiger partial charge < -0.3 is 5.11 Å². The Labute approximate surface area is 108 Å². The molecular weight excluding hydrogens is 230 g/mol. The van der Waals surface area contributed by atoms with Crippen LogP contribution >= 0.6 is 0 Å².